The van der Waals surface area contributed by atoms with Crippen molar-refractivity contribution < 1.29 is 4.58 Å². The zero-order chi connectivity index (χ0) is 26.8. The third-order valence-electron chi connectivity index (χ3n) is 8.80. The van der Waals surface area contributed by atoms with E-state index in [2.05, 4.69) is 155 Å². The summed E-state index contributed by atoms with van der Waals surface area (Å²) in [5, 5.41) is 5.30. The molecule has 2 aliphatic heterocycles. The molecule has 0 N–H and O–H groups in total. The van der Waals surface area contributed by atoms with Crippen molar-refractivity contribution >= 4 is 38.6 Å². The molecule has 0 unspecified atom stereocenters. The lowest BCUT2D eigenvalue weighted by Crippen LogP contribution is -2.26. The predicted octanol–water partition coefficient (Wildman–Crippen LogP) is 8.81. The van der Waals surface area contributed by atoms with Crippen LogP contribution in [-0.4, -0.2) is 24.4 Å². The number of benzene rings is 4. The Morgan fingerprint density at radius 1 is 0.763 bits per heavy atom. The zero-order valence-electron chi connectivity index (χ0n) is 23.6. The normalized spacial score (nSPS) is 19.3. The molecule has 2 heteroatoms. The van der Waals surface area contributed by atoms with Gasteiger partial charge in [0.1, 0.15) is 7.05 Å². The van der Waals surface area contributed by atoms with Crippen molar-refractivity contribution in [2.75, 3.05) is 19.0 Å². The summed E-state index contributed by atoms with van der Waals surface area (Å²) in [4.78, 5) is 2.36. The first-order valence-electron chi connectivity index (χ1n) is 13.6. The number of hydrogen-bond acceptors (Lipinski definition) is 1. The minimum Gasteiger partial charge on any atom is -0.347 e. The summed E-state index contributed by atoms with van der Waals surface area (Å²) in [5.41, 5.74) is 9.17. The Balaban J connectivity index is 1.34. The maximum absolute atomic E-state index is 2.36. The highest BCUT2D eigenvalue weighted by Crippen LogP contribution is 2.50. The van der Waals surface area contributed by atoms with Gasteiger partial charge in [0.15, 0.2) is 5.71 Å². The first-order chi connectivity index (χ1) is 18.1. The highest BCUT2D eigenvalue weighted by atomic mass is 15.2. The lowest BCUT2D eigenvalue weighted by molar-refractivity contribution is -0.401. The topological polar surface area (TPSA) is 6.25 Å². The Bertz CT molecular complexity index is 1740. The average molecular weight is 498 g/mol. The molecule has 190 valence electrons. The van der Waals surface area contributed by atoms with Gasteiger partial charge >= 0.3 is 0 Å². The van der Waals surface area contributed by atoms with Crippen LogP contribution in [0.4, 0.5) is 11.4 Å². The van der Waals surface area contributed by atoms with Gasteiger partial charge in [-0.3, -0.25) is 0 Å². The molecule has 0 fully saturated rings. The van der Waals surface area contributed by atoms with Crippen LogP contribution in [0.2, 0.25) is 0 Å². The molecule has 0 aromatic heterocycles. The molecule has 2 aliphatic rings. The Hall–Kier alpha value is -3.91. The van der Waals surface area contributed by atoms with Crippen LogP contribution >= 0.6 is 0 Å². The lowest BCUT2D eigenvalue weighted by Gasteiger charge is -2.24. The molecule has 4 aromatic rings. The molecular formula is C36H37N2+. The molecule has 38 heavy (non-hydrogen) atoms. The minimum absolute atomic E-state index is 0.0729. The molecule has 0 atom stereocenters. The summed E-state index contributed by atoms with van der Waals surface area (Å²) in [5.74, 6) is 0. The Kier molecular flexibility index (Phi) is 5.50. The standard InChI is InChI=1S/C36H37N2/c1-24(16-22-31-35(2,3)33-27-14-10-8-12-25(27)18-20-29(33)37(31)6)17-23-32-36(4,5)34-28-15-11-9-13-26(28)19-21-30(34)38(32)7/h8-23H,1-7H3/q+1. The Morgan fingerprint density at radius 3 is 2.05 bits per heavy atom. The van der Waals surface area contributed by atoms with Crippen molar-refractivity contribution in [3.05, 3.63) is 119 Å². The molecular weight excluding hydrogens is 460 g/mol. The highest BCUT2D eigenvalue weighted by molar-refractivity contribution is 6.07. The molecule has 2 heterocycles. The summed E-state index contributed by atoms with van der Waals surface area (Å²) in [6.45, 7) is 11.6. The second-order valence-electron chi connectivity index (χ2n) is 11.9. The minimum atomic E-state index is -0.0729. The summed E-state index contributed by atoms with van der Waals surface area (Å²) < 4.78 is 2.36. The van der Waals surface area contributed by atoms with E-state index >= 15 is 0 Å². The number of allylic oxidation sites excluding steroid dienone is 6. The third kappa shape index (κ3) is 3.50. The van der Waals surface area contributed by atoms with Gasteiger partial charge in [-0.05, 0) is 66.1 Å². The van der Waals surface area contributed by atoms with Crippen LogP contribution in [0, 0.1) is 0 Å². The fraction of sp³-hybridized carbons (Fsp3) is 0.250. The van der Waals surface area contributed by atoms with Crippen molar-refractivity contribution in [3.63, 3.8) is 0 Å². The smallest absolute Gasteiger partial charge is 0.210 e. The van der Waals surface area contributed by atoms with E-state index in [1.165, 1.54) is 61.0 Å². The monoisotopic (exact) mass is 497 g/mol. The van der Waals surface area contributed by atoms with Gasteiger partial charge in [-0.25, -0.2) is 0 Å². The fourth-order valence-electron chi connectivity index (χ4n) is 6.86. The van der Waals surface area contributed by atoms with Gasteiger partial charge < -0.3 is 4.90 Å². The van der Waals surface area contributed by atoms with Crippen molar-refractivity contribution in [1.29, 1.82) is 0 Å². The van der Waals surface area contributed by atoms with E-state index in [0.717, 1.165) is 0 Å². The van der Waals surface area contributed by atoms with Gasteiger partial charge in [0.25, 0.3) is 0 Å². The first kappa shape index (κ1) is 24.4. The van der Waals surface area contributed by atoms with E-state index in [1.54, 1.807) is 0 Å². The van der Waals surface area contributed by atoms with E-state index in [-0.39, 0.29) is 10.8 Å². The number of likely N-dealkylation sites (N-methyl/N-ethyl adjacent to an activating group) is 1. The summed E-state index contributed by atoms with van der Waals surface area (Å²) in [6, 6.07) is 26.5. The van der Waals surface area contributed by atoms with Crippen LogP contribution in [0.15, 0.2) is 108 Å². The highest BCUT2D eigenvalue weighted by Gasteiger charge is 2.44. The van der Waals surface area contributed by atoms with Gasteiger partial charge in [-0.15, -0.1) is 0 Å². The molecule has 0 aliphatic carbocycles. The molecule has 4 aromatic carbocycles. The Labute approximate surface area is 226 Å². The SMILES string of the molecule is CC(C=CC1=[N+](C)c2ccc3ccccc3c2C1(C)C)=CC=C1N(C)c2ccc3ccccc3c2C1(C)C. The van der Waals surface area contributed by atoms with E-state index in [9.17, 15) is 0 Å². The lowest BCUT2D eigenvalue weighted by atomic mass is 9.79. The molecule has 2 nitrogen and oxygen atoms in total. The van der Waals surface area contributed by atoms with Crippen molar-refractivity contribution in [2.45, 2.75) is 45.4 Å². The number of hydrogen-bond donors (Lipinski definition) is 0. The van der Waals surface area contributed by atoms with Crippen molar-refractivity contribution in [1.82, 2.24) is 0 Å². The number of rotatable bonds is 3. The largest absolute Gasteiger partial charge is 0.347 e. The van der Waals surface area contributed by atoms with Crippen molar-refractivity contribution in [3.8, 4) is 0 Å². The van der Waals surface area contributed by atoms with Gasteiger partial charge in [-0.1, -0.05) is 86.2 Å². The number of fused-ring (bicyclic) bond motifs is 6. The quantitative estimate of drug-likeness (QED) is 0.202. The summed E-state index contributed by atoms with van der Waals surface area (Å²) in [6.07, 6.45) is 9.15. The van der Waals surface area contributed by atoms with Gasteiger partial charge in [0.05, 0.1) is 5.41 Å². The molecule has 0 bridgehead atoms. The van der Waals surface area contributed by atoms with Crippen LogP contribution in [0.1, 0.15) is 45.7 Å². The second-order valence-corrected chi connectivity index (χ2v) is 11.9. The third-order valence-corrected chi connectivity index (χ3v) is 8.80. The number of anilines is 1. The van der Waals surface area contributed by atoms with Gasteiger partial charge in [-0.2, -0.15) is 4.58 Å². The van der Waals surface area contributed by atoms with E-state index in [0.29, 0.717) is 0 Å². The van der Waals surface area contributed by atoms with Crippen LogP contribution in [0.5, 0.6) is 0 Å². The van der Waals surface area contributed by atoms with Gasteiger partial charge in [0.2, 0.25) is 5.69 Å². The zero-order valence-corrected chi connectivity index (χ0v) is 23.6. The first-order valence-corrected chi connectivity index (χ1v) is 13.6. The molecule has 0 spiro atoms. The summed E-state index contributed by atoms with van der Waals surface area (Å²) >= 11 is 0. The predicted molar refractivity (Wildman–Crippen MR) is 164 cm³/mol. The fourth-order valence-corrected chi connectivity index (χ4v) is 6.86. The van der Waals surface area contributed by atoms with E-state index in [4.69, 9.17) is 0 Å². The van der Waals surface area contributed by atoms with Crippen LogP contribution in [-0.2, 0) is 10.8 Å². The van der Waals surface area contributed by atoms with E-state index < -0.39 is 0 Å². The molecule has 6 rings (SSSR count). The molecule has 0 amide bonds. The maximum atomic E-state index is 2.36. The van der Waals surface area contributed by atoms with Crippen LogP contribution < -0.4 is 4.90 Å². The number of nitrogens with zero attached hydrogens (tertiary/aromatic N) is 2. The summed E-state index contributed by atoms with van der Waals surface area (Å²) in [7, 11) is 4.39. The van der Waals surface area contributed by atoms with Crippen LogP contribution in [0.3, 0.4) is 0 Å². The molecule has 0 saturated heterocycles. The van der Waals surface area contributed by atoms with Crippen LogP contribution in [0.25, 0.3) is 21.5 Å². The average Bonchev–Trinajstić information content (AvgIpc) is 3.23. The maximum Gasteiger partial charge on any atom is 0.210 e. The van der Waals surface area contributed by atoms with Gasteiger partial charge in [0, 0.05) is 41.6 Å². The second kappa shape index (κ2) is 8.56. The molecule has 0 saturated carbocycles. The van der Waals surface area contributed by atoms with E-state index in [1.807, 2.05) is 0 Å². The molecule has 0 radical (unpaired) electrons. The Morgan fingerprint density at radius 2 is 1.37 bits per heavy atom. The van der Waals surface area contributed by atoms with Crippen molar-refractivity contribution in [2.24, 2.45) is 0 Å².